The van der Waals surface area contributed by atoms with Gasteiger partial charge in [-0.05, 0) is 24.1 Å². The quantitative estimate of drug-likeness (QED) is 0.874. The van der Waals surface area contributed by atoms with Gasteiger partial charge in [-0.1, -0.05) is 13.0 Å². The lowest BCUT2D eigenvalue weighted by Gasteiger charge is -2.14. The third kappa shape index (κ3) is 3.73. The van der Waals surface area contributed by atoms with Gasteiger partial charge < -0.3 is 11.1 Å². The fraction of sp³-hybridized carbons (Fsp3) is 0.417. The molecule has 0 aromatic heterocycles. The van der Waals surface area contributed by atoms with E-state index < -0.39 is 17.6 Å². The van der Waals surface area contributed by atoms with Crippen LogP contribution in [-0.4, -0.2) is 5.91 Å². The topological polar surface area (TPSA) is 55.1 Å². The van der Waals surface area contributed by atoms with Gasteiger partial charge in [0.25, 0.3) is 0 Å². The number of hydrogen-bond donors (Lipinski definition) is 2. The summed E-state index contributed by atoms with van der Waals surface area (Å²) in [5.74, 6) is -0.427. The lowest BCUT2D eigenvalue weighted by molar-refractivity contribution is -0.137. The minimum absolute atomic E-state index is 0.0201. The summed E-state index contributed by atoms with van der Waals surface area (Å²) in [6, 6.07) is 3.66. The van der Waals surface area contributed by atoms with Gasteiger partial charge in [0.1, 0.15) is 0 Å². The minimum atomic E-state index is -4.51. The molecule has 0 bridgehead atoms. The summed E-state index contributed by atoms with van der Waals surface area (Å²) in [5.41, 5.74) is 4.59. The van der Waals surface area contributed by atoms with Gasteiger partial charge in [-0.2, -0.15) is 13.2 Å². The highest BCUT2D eigenvalue weighted by atomic mass is 19.4. The Morgan fingerprint density at radius 3 is 2.56 bits per heavy atom. The average Bonchev–Trinajstić information content (AvgIpc) is 2.28. The van der Waals surface area contributed by atoms with Gasteiger partial charge >= 0.3 is 6.18 Å². The second-order valence-corrected chi connectivity index (χ2v) is 3.88. The summed E-state index contributed by atoms with van der Waals surface area (Å²) in [4.78, 5) is 11.3. The van der Waals surface area contributed by atoms with Crippen molar-refractivity contribution in [2.45, 2.75) is 32.5 Å². The summed E-state index contributed by atoms with van der Waals surface area (Å²) < 4.78 is 38.4. The first-order chi connectivity index (χ1) is 8.38. The molecule has 0 atom stereocenters. The molecule has 0 saturated heterocycles. The fourth-order valence-electron chi connectivity index (χ4n) is 1.50. The average molecular weight is 260 g/mol. The molecule has 3 nitrogen and oxygen atoms in total. The first kappa shape index (κ1) is 14.5. The van der Waals surface area contributed by atoms with Gasteiger partial charge in [0.05, 0.1) is 11.3 Å². The number of carbonyl (C=O) groups is 1. The molecule has 0 spiro atoms. The number of nitrogens with one attached hydrogen (secondary N) is 1. The summed E-state index contributed by atoms with van der Waals surface area (Å²) >= 11 is 0. The lowest BCUT2D eigenvalue weighted by Crippen LogP contribution is -2.16. The Labute approximate surface area is 103 Å². The zero-order valence-electron chi connectivity index (χ0n) is 9.97. The van der Waals surface area contributed by atoms with E-state index in [2.05, 4.69) is 5.32 Å². The largest absolute Gasteiger partial charge is 0.418 e. The van der Waals surface area contributed by atoms with E-state index in [1.807, 2.05) is 0 Å². The Morgan fingerprint density at radius 2 is 2.06 bits per heavy atom. The Bertz CT molecular complexity index is 430. The van der Waals surface area contributed by atoms with E-state index in [1.165, 1.54) is 12.1 Å². The number of carbonyl (C=O) groups excluding carboxylic acids is 1. The first-order valence-electron chi connectivity index (χ1n) is 5.58. The number of benzene rings is 1. The van der Waals surface area contributed by atoms with Gasteiger partial charge in [0, 0.05) is 13.0 Å². The second kappa shape index (κ2) is 5.86. The third-order valence-electron chi connectivity index (χ3n) is 2.38. The van der Waals surface area contributed by atoms with Gasteiger partial charge in [-0.3, -0.25) is 4.79 Å². The number of amides is 1. The standard InChI is InChI=1S/C12H15F3N2O/c1-2-3-11(18)17-10-5-4-8(7-16)6-9(10)12(13,14)15/h4-6H,2-3,7,16H2,1H3,(H,17,18). The van der Waals surface area contributed by atoms with E-state index in [0.29, 0.717) is 12.0 Å². The van der Waals surface area contributed by atoms with Crippen LogP contribution in [0.2, 0.25) is 0 Å². The predicted molar refractivity (Wildman–Crippen MR) is 62.9 cm³/mol. The molecule has 1 amide bonds. The van der Waals surface area contributed by atoms with Crippen LogP contribution in [0.3, 0.4) is 0 Å². The molecule has 0 heterocycles. The van der Waals surface area contributed by atoms with Crippen LogP contribution < -0.4 is 11.1 Å². The number of alkyl halides is 3. The number of rotatable bonds is 4. The maximum absolute atomic E-state index is 12.8. The van der Waals surface area contributed by atoms with Crippen molar-refractivity contribution in [3.63, 3.8) is 0 Å². The molecule has 0 unspecified atom stereocenters. The van der Waals surface area contributed by atoms with Crippen molar-refractivity contribution in [3.8, 4) is 0 Å². The molecule has 1 aromatic rings. The Morgan fingerprint density at radius 1 is 1.39 bits per heavy atom. The van der Waals surface area contributed by atoms with Crippen molar-refractivity contribution in [1.29, 1.82) is 0 Å². The molecule has 1 aromatic carbocycles. The van der Waals surface area contributed by atoms with Gasteiger partial charge in [-0.15, -0.1) is 0 Å². The third-order valence-corrected chi connectivity index (χ3v) is 2.38. The van der Waals surface area contributed by atoms with Crippen molar-refractivity contribution in [2.75, 3.05) is 5.32 Å². The first-order valence-corrected chi connectivity index (χ1v) is 5.58. The van der Waals surface area contributed by atoms with Crippen molar-refractivity contribution in [1.82, 2.24) is 0 Å². The molecule has 100 valence electrons. The molecule has 0 aliphatic heterocycles. The van der Waals surface area contributed by atoms with E-state index in [9.17, 15) is 18.0 Å². The minimum Gasteiger partial charge on any atom is -0.326 e. The van der Waals surface area contributed by atoms with Crippen LogP contribution in [0, 0.1) is 0 Å². The van der Waals surface area contributed by atoms with Crippen molar-refractivity contribution in [3.05, 3.63) is 29.3 Å². The van der Waals surface area contributed by atoms with Crippen molar-refractivity contribution >= 4 is 11.6 Å². The number of halogens is 3. The van der Waals surface area contributed by atoms with Crippen LogP contribution in [-0.2, 0) is 17.5 Å². The molecular formula is C12H15F3N2O. The maximum Gasteiger partial charge on any atom is 0.418 e. The summed E-state index contributed by atoms with van der Waals surface area (Å²) in [7, 11) is 0. The van der Waals surface area contributed by atoms with Crippen LogP contribution >= 0.6 is 0 Å². The zero-order valence-corrected chi connectivity index (χ0v) is 9.97. The monoisotopic (exact) mass is 260 g/mol. The highest BCUT2D eigenvalue weighted by molar-refractivity contribution is 5.91. The molecule has 0 radical (unpaired) electrons. The fourth-order valence-corrected chi connectivity index (χ4v) is 1.50. The molecule has 18 heavy (non-hydrogen) atoms. The van der Waals surface area contributed by atoms with Crippen LogP contribution in [0.4, 0.5) is 18.9 Å². The van der Waals surface area contributed by atoms with Crippen molar-refractivity contribution in [2.24, 2.45) is 5.73 Å². The van der Waals surface area contributed by atoms with Gasteiger partial charge in [0.2, 0.25) is 5.91 Å². The van der Waals surface area contributed by atoms with Crippen molar-refractivity contribution < 1.29 is 18.0 Å². The van der Waals surface area contributed by atoms with E-state index >= 15 is 0 Å². The molecule has 1 rings (SSSR count). The normalized spacial score (nSPS) is 11.4. The molecule has 0 aliphatic carbocycles. The zero-order chi connectivity index (χ0) is 13.8. The summed E-state index contributed by atoms with van der Waals surface area (Å²) in [6.45, 7) is 1.80. The molecular weight excluding hydrogens is 245 g/mol. The summed E-state index contributed by atoms with van der Waals surface area (Å²) in [6.07, 6.45) is -3.75. The second-order valence-electron chi connectivity index (χ2n) is 3.88. The smallest absolute Gasteiger partial charge is 0.326 e. The summed E-state index contributed by atoms with van der Waals surface area (Å²) in [5, 5.41) is 2.27. The molecule has 0 fully saturated rings. The highest BCUT2D eigenvalue weighted by Crippen LogP contribution is 2.35. The SMILES string of the molecule is CCCC(=O)Nc1ccc(CN)cc1C(F)(F)F. The van der Waals surface area contributed by atoms with Gasteiger partial charge in [-0.25, -0.2) is 0 Å². The Kier molecular flexibility index (Phi) is 4.72. The van der Waals surface area contributed by atoms with Gasteiger partial charge in [0.15, 0.2) is 0 Å². The number of hydrogen-bond acceptors (Lipinski definition) is 2. The molecule has 0 aliphatic rings. The molecule has 6 heteroatoms. The van der Waals surface area contributed by atoms with Crippen LogP contribution in [0.5, 0.6) is 0 Å². The van der Waals surface area contributed by atoms with Crippen LogP contribution in [0.1, 0.15) is 30.9 Å². The highest BCUT2D eigenvalue weighted by Gasteiger charge is 2.34. The lowest BCUT2D eigenvalue weighted by atomic mass is 10.1. The van der Waals surface area contributed by atoms with Crippen LogP contribution in [0.25, 0.3) is 0 Å². The van der Waals surface area contributed by atoms with Crippen LogP contribution in [0.15, 0.2) is 18.2 Å². The maximum atomic E-state index is 12.8. The Hall–Kier alpha value is -1.56. The molecule has 0 saturated carbocycles. The number of nitrogens with two attached hydrogens (primary N) is 1. The van der Waals surface area contributed by atoms with E-state index in [-0.39, 0.29) is 18.7 Å². The number of anilines is 1. The van der Waals surface area contributed by atoms with E-state index in [0.717, 1.165) is 6.07 Å². The Balaban J connectivity index is 3.07. The predicted octanol–water partition coefficient (Wildman–Crippen LogP) is 2.90. The molecule has 3 N–H and O–H groups in total. The van der Waals surface area contributed by atoms with E-state index in [1.54, 1.807) is 6.92 Å². The van der Waals surface area contributed by atoms with E-state index in [4.69, 9.17) is 5.73 Å².